The zero-order chi connectivity index (χ0) is 19.7. The van der Waals surface area contributed by atoms with E-state index in [-0.39, 0.29) is 12.4 Å². The lowest BCUT2D eigenvalue weighted by Gasteiger charge is -2.25. The first-order valence-corrected chi connectivity index (χ1v) is 8.08. The first kappa shape index (κ1) is 22.9. The molecule has 111 valence electrons. The van der Waals surface area contributed by atoms with Crippen LogP contribution < -0.4 is 9.47 Å². The standard InChI is InChI=1S/C10H11N3O2.B11/c1-7(12-13-11)8-2-3-9-10(6-8)15-5-4-14-9;1-7-10(6)11(8(2)3)9(4)5/h2-3,6-7H,4-5H2,1H3;. The van der Waals surface area contributed by atoms with Gasteiger partial charge in [-0.25, -0.2) is 0 Å². The fourth-order valence-corrected chi connectivity index (χ4v) is 2.36. The molecular formula is C10H11B11N3O2. The van der Waals surface area contributed by atoms with Gasteiger partial charge in [0.05, 0.1) is 6.04 Å². The maximum Gasteiger partial charge on any atom is 0.161 e. The van der Waals surface area contributed by atoms with Crippen molar-refractivity contribution in [1.29, 1.82) is 0 Å². The molecule has 1 aromatic rings. The largest absolute Gasteiger partial charge is 0.486 e. The van der Waals surface area contributed by atoms with Crippen LogP contribution in [0, 0.1) is 0 Å². The molecule has 1 unspecified atom stereocenters. The summed E-state index contributed by atoms with van der Waals surface area (Å²) in [6, 6.07) is 5.39. The molecule has 1 aliphatic heterocycles. The highest BCUT2D eigenvalue weighted by molar-refractivity contribution is 8.01. The molecular weight excluding hydrogens is 313 g/mol. The van der Waals surface area contributed by atoms with E-state index in [1.807, 2.05) is 25.1 Å². The van der Waals surface area contributed by atoms with E-state index in [0.717, 1.165) is 17.1 Å². The number of hydrogen-bond donors (Lipinski definition) is 0. The molecule has 0 fully saturated rings. The second-order valence-corrected chi connectivity index (χ2v) is 5.79. The Bertz CT molecular complexity index is 608. The average Bonchev–Trinajstić information content (AvgIpc) is 2.61. The summed E-state index contributed by atoms with van der Waals surface area (Å²) in [5.74, 6) is 1.47. The summed E-state index contributed by atoms with van der Waals surface area (Å²) in [6.45, 7) is 2.98. The quantitative estimate of drug-likeness (QED) is 0.281. The van der Waals surface area contributed by atoms with Gasteiger partial charge in [0.1, 0.15) is 13.2 Å². The van der Waals surface area contributed by atoms with Crippen molar-refractivity contribution in [2.75, 3.05) is 13.2 Å². The predicted molar refractivity (Wildman–Crippen MR) is 118 cm³/mol. The van der Waals surface area contributed by atoms with E-state index in [2.05, 4.69) is 10.0 Å². The molecule has 26 heavy (non-hydrogen) atoms. The molecule has 1 atom stereocenters. The lowest BCUT2D eigenvalue weighted by molar-refractivity contribution is 0.171. The number of ether oxygens (including phenoxy) is 2. The minimum absolute atomic E-state index is 0.189. The number of hydrogen-bond acceptors (Lipinski definition) is 3. The maximum absolute atomic E-state index is 8.34. The van der Waals surface area contributed by atoms with Gasteiger partial charge in [0.25, 0.3) is 0 Å². The highest BCUT2D eigenvalue weighted by atomic mass is 16.6. The topological polar surface area (TPSA) is 67.2 Å². The Morgan fingerprint density at radius 3 is 2.15 bits per heavy atom. The number of azide groups is 1. The van der Waals surface area contributed by atoms with E-state index in [1.165, 1.54) is 7.06 Å². The molecule has 0 bridgehead atoms. The van der Waals surface area contributed by atoms with Gasteiger partial charge in [0.15, 0.2) is 11.5 Å². The molecule has 13 radical (unpaired) electrons. The smallest absolute Gasteiger partial charge is 0.161 e. The normalized spacial score (nSPS) is 12.3. The zero-order valence-electron chi connectivity index (χ0n) is 14.7. The molecule has 0 amide bonds. The minimum atomic E-state index is -0.648. The van der Waals surface area contributed by atoms with Crippen molar-refractivity contribution in [2.45, 2.75) is 13.0 Å². The molecule has 0 saturated heterocycles. The molecule has 1 aromatic carbocycles. The number of rotatable bonds is 6. The van der Waals surface area contributed by atoms with E-state index < -0.39 is 19.2 Å². The Morgan fingerprint density at radius 2 is 1.69 bits per heavy atom. The first-order chi connectivity index (χ1) is 12.3. The Labute approximate surface area is 165 Å². The van der Waals surface area contributed by atoms with Gasteiger partial charge in [0.2, 0.25) is 0 Å². The average molecular weight is 324 g/mol. The second kappa shape index (κ2) is 11.5. The lowest BCUT2D eigenvalue weighted by Crippen LogP contribution is -2.63. The summed E-state index contributed by atoms with van der Waals surface area (Å²) in [4.78, 5) is 2.78. The van der Waals surface area contributed by atoms with Crippen LogP contribution in [0.3, 0.4) is 0 Å². The monoisotopic (exact) mass is 326 g/mol. The van der Waals surface area contributed by atoms with Crippen molar-refractivity contribution in [2.24, 2.45) is 5.11 Å². The van der Waals surface area contributed by atoms with Crippen LogP contribution in [0.1, 0.15) is 18.5 Å². The van der Waals surface area contributed by atoms with Crippen molar-refractivity contribution in [3.05, 3.63) is 34.2 Å². The van der Waals surface area contributed by atoms with Crippen LogP contribution in [0.15, 0.2) is 23.3 Å². The fourth-order valence-electron chi connectivity index (χ4n) is 2.36. The van der Waals surface area contributed by atoms with E-state index in [9.17, 15) is 0 Å². The molecule has 0 aliphatic carbocycles. The van der Waals surface area contributed by atoms with Crippen LogP contribution in [0.25, 0.3) is 10.4 Å². The van der Waals surface area contributed by atoms with Gasteiger partial charge < -0.3 is 9.47 Å². The molecule has 0 spiro atoms. The van der Waals surface area contributed by atoms with Crippen molar-refractivity contribution in [3.63, 3.8) is 0 Å². The Morgan fingerprint density at radius 1 is 1.12 bits per heavy atom. The van der Waals surface area contributed by atoms with Gasteiger partial charge in [-0.3, -0.25) is 0 Å². The second-order valence-electron chi connectivity index (χ2n) is 5.79. The molecule has 0 aromatic heterocycles. The van der Waals surface area contributed by atoms with Crippen molar-refractivity contribution in [3.8, 4) is 11.5 Å². The third kappa shape index (κ3) is 6.87. The Balaban J connectivity index is 0.000000276. The van der Waals surface area contributed by atoms with E-state index >= 15 is 0 Å². The Kier molecular flexibility index (Phi) is 10.2. The lowest BCUT2D eigenvalue weighted by atomic mass is 8.56. The summed E-state index contributed by atoms with van der Waals surface area (Å²) >= 11 is 0. The van der Waals surface area contributed by atoms with Gasteiger partial charge in [0, 0.05) is 83.9 Å². The Hall–Kier alpha value is -1.16. The van der Waals surface area contributed by atoms with Crippen LogP contribution in [0.2, 0.25) is 0 Å². The molecule has 0 saturated carbocycles. The van der Waals surface area contributed by atoms with Crippen LogP contribution in [-0.2, 0) is 0 Å². The summed E-state index contributed by atoms with van der Waals surface area (Å²) in [5.41, 5.74) is 9.27. The fraction of sp³-hybridized carbons (Fsp3) is 0.400. The molecule has 16 heteroatoms. The molecule has 5 nitrogen and oxygen atoms in total. The van der Waals surface area contributed by atoms with Crippen molar-refractivity contribution >= 4 is 79.0 Å². The molecule has 1 heterocycles. The van der Waals surface area contributed by atoms with Gasteiger partial charge in [-0.15, -0.1) is 0 Å². The third-order valence-corrected chi connectivity index (χ3v) is 3.83. The van der Waals surface area contributed by atoms with Gasteiger partial charge in [-0.1, -0.05) is 18.1 Å². The summed E-state index contributed by atoms with van der Waals surface area (Å²) in [6.07, 6.45) is -2.15. The van der Waals surface area contributed by atoms with Crippen LogP contribution in [0.4, 0.5) is 0 Å². The minimum Gasteiger partial charge on any atom is -0.486 e. The van der Waals surface area contributed by atoms with Crippen LogP contribution >= 0.6 is 0 Å². The van der Waals surface area contributed by atoms with E-state index in [0.29, 0.717) is 13.2 Å². The molecule has 2 rings (SSSR count). The summed E-state index contributed by atoms with van der Waals surface area (Å²) in [5, 5.41) is 3.63. The highest BCUT2D eigenvalue weighted by Crippen LogP contribution is 2.33. The zero-order valence-corrected chi connectivity index (χ0v) is 14.7. The number of benzene rings is 1. The van der Waals surface area contributed by atoms with Crippen molar-refractivity contribution < 1.29 is 9.47 Å². The van der Waals surface area contributed by atoms with Gasteiger partial charge >= 0.3 is 0 Å². The van der Waals surface area contributed by atoms with Gasteiger partial charge in [-0.05, 0) is 23.2 Å². The van der Waals surface area contributed by atoms with Gasteiger partial charge in [-0.2, -0.15) is 0 Å². The first-order valence-electron chi connectivity index (χ1n) is 8.08. The maximum atomic E-state index is 8.34. The summed E-state index contributed by atoms with van der Waals surface area (Å²) in [7, 11) is 33.5. The summed E-state index contributed by atoms with van der Waals surface area (Å²) < 4.78 is 10.8. The highest BCUT2D eigenvalue weighted by Gasteiger charge is 2.26. The molecule has 0 N–H and O–H groups in total. The SMILES string of the molecule is CC(N=[N+]=[N-])c1ccc2c(c1)OCCO2.[B][B]B([B])B(B([B])[B])B([B])[B]. The number of fused-ring (bicyclic) bond motifs is 1. The third-order valence-electron chi connectivity index (χ3n) is 3.83. The van der Waals surface area contributed by atoms with Crippen molar-refractivity contribution in [1.82, 2.24) is 0 Å². The van der Waals surface area contributed by atoms with E-state index in [1.54, 1.807) is 0 Å². The number of nitrogens with zero attached hydrogens (tertiary/aromatic N) is 3. The predicted octanol–water partition coefficient (Wildman–Crippen LogP) is -1.36. The van der Waals surface area contributed by atoms with E-state index in [4.69, 9.17) is 61.4 Å². The van der Waals surface area contributed by atoms with Crippen LogP contribution in [0.5, 0.6) is 11.5 Å². The van der Waals surface area contributed by atoms with Crippen LogP contribution in [-0.4, -0.2) is 92.2 Å². The molecule has 1 aliphatic rings.